The van der Waals surface area contributed by atoms with Crippen LogP contribution < -0.4 is 0 Å². The Hall–Kier alpha value is 1.96. The fourth-order valence-corrected chi connectivity index (χ4v) is 0. The van der Waals surface area contributed by atoms with E-state index in [0.29, 0.717) is 0 Å². The zero-order valence-corrected chi connectivity index (χ0v) is 6.79. The van der Waals surface area contributed by atoms with Gasteiger partial charge in [0, 0.05) is 31.6 Å². The Bertz CT molecular complexity index is 8.00. The molecule has 20 valence electrons. The van der Waals surface area contributed by atoms with E-state index < -0.39 is 0 Å². The van der Waals surface area contributed by atoms with E-state index in [4.69, 9.17) is 0 Å². The second-order valence-electron chi connectivity index (χ2n) is 0. The Kier molecular flexibility index (Phi) is 84.8. The Balaban J connectivity index is -0.00000000500. The van der Waals surface area contributed by atoms with E-state index >= 15 is 0 Å². The summed E-state index contributed by atoms with van der Waals surface area (Å²) in [6, 6.07) is 0. The molecule has 0 aliphatic carbocycles. The van der Waals surface area contributed by atoms with Crippen LogP contribution in [0.5, 0.6) is 0 Å². The summed E-state index contributed by atoms with van der Waals surface area (Å²) in [5, 5.41) is 0. The molecule has 1 unspecified atom stereocenters. The first-order valence-corrected chi connectivity index (χ1v) is 5.20. The number of hydrogen-bond donors (Lipinski definition) is 0. The standard InChI is InChI=1S/Li.H5PSi.Ti.H/c;1-2;;/h;1H2,2H3;;. The molecule has 0 N–H and O–H groups in total. The van der Waals surface area contributed by atoms with Gasteiger partial charge in [-0.05, 0) is 0 Å². The fourth-order valence-electron chi connectivity index (χ4n) is 0. The molecule has 0 aromatic rings. The maximum atomic E-state index is 2.56. The molecule has 0 rings (SSSR count). The van der Waals surface area contributed by atoms with Crippen LogP contribution in [0.15, 0.2) is 0 Å². The summed E-state index contributed by atoms with van der Waals surface area (Å²) in [6.07, 6.45) is 0. The van der Waals surface area contributed by atoms with Crippen molar-refractivity contribution in [2.45, 2.75) is 0 Å². The minimum atomic E-state index is 0. The topological polar surface area (TPSA) is 0 Å². The summed E-state index contributed by atoms with van der Waals surface area (Å²) in [5.41, 5.74) is 0. The third kappa shape index (κ3) is 9.03. The van der Waals surface area contributed by atoms with Crippen molar-refractivity contribution in [2.75, 3.05) is 0 Å². The van der Waals surface area contributed by atoms with Crippen molar-refractivity contribution in [3.63, 3.8) is 0 Å². The maximum Gasteiger partial charge on any atom is 0.0252 e. The van der Waals surface area contributed by atoms with Crippen LogP contribution >= 0.6 is 8.79 Å². The van der Waals surface area contributed by atoms with Crippen LogP contribution in [0.1, 0.15) is 0 Å². The molecule has 4 heavy (non-hydrogen) atoms. The first kappa shape index (κ1) is 16.7. The van der Waals surface area contributed by atoms with Gasteiger partial charge in [-0.1, -0.05) is 0 Å². The van der Waals surface area contributed by atoms with E-state index in [1.807, 2.05) is 0 Å². The smallest absolute Gasteiger partial charge is 0.0252 e. The molecule has 0 bridgehead atoms. The maximum absolute atomic E-state index is 2.56. The molecule has 0 amide bonds. The summed E-state index contributed by atoms with van der Waals surface area (Å²) in [4.78, 5) is 0. The van der Waals surface area contributed by atoms with Crippen LogP contribution in [0, 0.1) is 0 Å². The molecule has 0 radical (unpaired) electrons. The molecule has 0 aromatic heterocycles. The van der Waals surface area contributed by atoms with Gasteiger partial charge in [0.1, 0.15) is 0 Å². The molecule has 0 saturated heterocycles. The van der Waals surface area contributed by atoms with E-state index in [2.05, 4.69) is 8.79 Å². The number of rotatable bonds is 0. The van der Waals surface area contributed by atoms with E-state index in [1.165, 1.54) is 9.91 Å². The molecular weight excluding hydrogens is 114 g/mol. The van der Waals surface area contributed by atoms with Crippen molar-refractivity contribution in [1.29, 1.82) is 0 Å². The van der Waals surface area contributed by atoms with Gasteiger partial charge in [0.05, 0.1) is 0 Å². The molecule has 0 saturated carbocycles. The molecule has 0 spiro atoms. The van der Waals surface area contributed by atoms with Gasteiger partial charge in [-0.15, -0.1) is 0 Å². The van der Waals surface area contributed by atoms with Crippen molar-refractivity contribution < 1.29 is 21.7 Å². The van der Waals surface area contributed by atoms with E-state index in [0.717, 1.165) is 0 Å². The molecule has 4 heteroatoms. The minimum Gasteiger partial charge on any atom is -0.159 e. The van der Waals surface area contributed by atoms with Crippen LogP contribution in [-0.4, -0.2) is 28.8 Å². The molecule has 0 fully saturated rings. The van der Waals surface area contributed by atoms with Gasteiger partial charge < -0.3 is 0 Å². The van der Waals surface area contributed by atoms with Crippen LogP contribution in [0.4, 0.5) is 0 Å². The van der Waals surface area contributed by atoms with Gasteiger partial charge in [0.15, 0.2) is 0 Å². The predicted octanol–water partition coefficient (Wildman–Crippen LogP) is -1.51. The fraction of sp³-hybridized carbons (Fsp3) is 0. The van der Waals surface area contributed by atoms with Gasteiger partial charge in [0.25, 0.3) is 0 Å². The Morgan fingerprint density at radius 2 is 1.25 bits per heavy atom. The SMILES string of the molecule is [LiH].[SiH3]P.[Ti]. The molecule has 1 atom stereocenters. The third-order valence-electron chi connectivity index (χ3n) is 0. The average molecular weight is 120 g/mol. The van der Waals surface area contributed by atoms with Crippen molar-refractivity contribution in [3.05, 3.63) is 0 Å². The van der Waals surface area contributed by atoms with E-state index in [1.54, 1.807) is 0 Å². The second kappa shape index (κ2) is 20.3. The summed E-state index contributed by atoms with van der Waals surface area (Å²) < 4.78 is 0. The Morgan fingerprint density at radius 3 is 1.25 bits per heavy atom. The zero-order chi connectivity index (χ0) is 2.00. The second-order valence-corrected chi connectivity index (χ2v) is 0. The molecule has 0 aromatic carbocycles. The summed E-state index contributed by atoms with van der Waals surface area (Å²) in [7, 11) is 3.78. The third-order valence-corrected chi connectivity index (χ3v) is 0. The predicted molar refractivity (Wildman–Crippen MR) is 26.8 cm³/mol. The molecule has 0 aliphatic heterocycles. The van der Waals surface area contributed by atoms with Gasteiger partial charge >= 0.3 is 18.9 Å². The van der Waals surface area contributed by atoms with Crippen LogP contribution in [0.25, 0.3) is 0 Å². The molecule has 0 nitrogen and oxygen atoms in total. The van der Waals surface area contributed by atoms with Crippen LogP contribution in [0.2, 0.25) is 0 Å². The first-order chi connectivity index (χ1) is 1.00. The van der Waals surface area contributed by atoms with Crippen LogP contribution in [-0.2, 0) is 21.7 Å². The van der Waals surface area contributed by atoms with Gasteiger partial charge in [-0.3, -0.25) is 0 Å². The minimum absolute atomic E-state index is 0. The first-order valence-electron chi connectivity index (χ1n) is 0.577. The quantitative estimate of drug-likeness (QED) is 0.269. The van der Waals surface area contributed by atoms with Crippen molar-refractivity contribution in [3.8, 4) is 0 Å². The van der Waals surface area contributed by atoms with Gasteiger partial charge in [-0.25, -0.2) is 0 Å². The molecular formula is H6LiPSiTi. The van der Waals surface area contributed by atoms with Gasteiger partial charge in [0.2, 0.25) is 0 Å². The van der Waals surface area contributed by atoms with Crippen molar-refractivity contribution in [2.24, 2.45) is 0 Å². The average Bonchev–Trinajstić information content (AvgIpc) is 1.00. The molecule has 0 aliphatic rings. The number of hydrogen-bond acceptors (Lipinski definition) is 0. The van der Waals surface area contributed by atoms with Crippen LogP contribution in [0.3, 0.4) is 0 Å². The van der Waals surface area contributed by atoms with Crippen molar-refractivity contribution >= 4 is 37.6 Å². The van der Waals surface area contributed by atoms with E-state index in [9.17, 15) is 0 Å². The summed E-state index contributed by atoms with van der Waals surface area (Å²) in [6.45, 7) is 0. The Labute approximate surface area is 59.0 Å². The summed E-state index contributed by atoms with van der Waals surface area (Å²) in [5.74, 6) is 0. The normalized spacial score (nSPS) is 2.25. The largest absolute Gasteiger partial charge is 0.159 e. The van der Waals surface area contributed by atoms with Gasteiger partial charge in [-0.2, -0.15) is 8.79 Å². The van der Waals surface area contributed by atoms with E-state index in [-0.39, 0.29) is 40.6 Å². The molecule has 0 heterocycles. The zero-order valence-electron chi connectivity index (χ0n) is 2.08. The van der Waals surface area contributed by atoms with Crippen molar-refractivity contribution in [1.82, 2.24) is 0 Å². The monoisotopic (exact) mass is 120 g/mol. The summed E-state index contributed by atoms with van der Waals surface area (Å²) >= 11 is 0. The Morgan fingerprint density at radius 1 is 1.25 bits per heavy atom.